The molecule has 0 atom stereocenters. The predicted octanol–water partition coefficient (Wildman–Crippen LogP) is 2.64. The molecule has 0 radical (unpaired) electrons. The summed E-state index contributed by atoms with van der Waals surface area (Å²) >= 11 is 0. The minimum Gasteiger partial charge on any atom is -0.381 e. The van der Waals surface area contributed by atoms with Crippen molar-refractivity contribution in [2.45, 2.75) is 6.54 Å². The average molecular weight is 336 g/mol. The molecule has 0 saturated carbocycles. The van der Waals surface area contributed by atoms with Crippen LogP contribution in [0.3, 0.4) is 0 Å². The standard InChI is InChI=1S/C20H24N4O/c1-2-9-21-18-8-10-22-19(15-18)20(25)24-13-11-23(12-14-24)16-17-6-4-3-5-7-17/h2-8,10,15H,1,9,11-14,16H2,(H,21,22). The van der Waals surface area contributed by atoms with Crippen LogP contribution in [-0.2, 0) is 6.54 Å². The van der Waals surface area contributed by atoms with Crippen LogP contribution in [0.2, 0.25) is 0 Å². The predicted molar refractivity (Wildman–Crippen MR) is 101 cm³/mol. The molecular weight excluding hydrogens is 312 g/mol. The highest BCUT2D eigenvalue weighted by molar-refractivity contribution is 5.93. The van der Waals surface area contributed by atoms with Gasteiger partial charge in [-0.2, -0.15) is 0 Å². The number of piperazine rings is 1. The zero-order valence-electron chi connectivity index (χ0n) is 14.4. The number of rotatable bonds is 6. The van der Waals surface area contributed by atoms with E-state index in [9.17, 15) is 4.79 Å². The van der Waals surface area contributed by atoms with E-state index in [1.54, 1.807) is 12.3 Å². The lowest BCUT2D eigenvalue weighted by Crippen LogP contribution is -2.48. The van der Waals surface area contributed by atoms with E-state index in [1.165, 1.54) is 5.56 Å². The summed E-state index contributed by atoms with van der Waals surface area (Å²) < 4.78 is 0. The lowest BCUT2D eigenvalue weighted by molar-refractivity contribution is 0.0623. The lowest BCUT2D eigenvalue weighted by Gasteiger charge is -2.34. The number of nitrogens with zero attached hydrogens (tertiary/aromatic N) is 3. The van der Waals surface area contributed by atoms with E-state index < -0.39 is 0 Å². The fraction of sp³-hybridized carbons (Fsp3) is 0.300. The maximum absolute atomic E-state index is 12.7. The van der Waals surface area contributed by atoms with Crippen molar-refractivity contribution in [3.8, 4) is 0 Å². The van der Waals surface area contributed by atoms with E-state index in [0.29, 0.717) is 12.2 Å². The van der Waals surface area contributed by atoms with Gasteiger partial charge in [0.1, 0.15) is 5.69 Å². The Morgan fingerprint density at radius 1 is 1.16 bits per heavy atom. The molecule has 1 aromatic carbocycles. The summed E-state index contributed by atoms with van der Waals surface area (Å²) in [4.78, 5) is 21.2. The Bertz CT molecular complexity index is 709. The van der Waals surface area contributed by atoms with Crippen LogP contribution in [0.1, 0.15) is 16.1 Å². The first-order chi connectivity index (χ1) is 12.3. The number of carbonyl (C=O) groups excluding carboxylic acids is 1. The van der Waals surface area contributed by atoms with Gasteiger partial charge < -0.3 is 10.2 Å². The second-order valence-corrected chi connectivity index (χ2v) is 6.15. The van der Waals surface area contributed by atoms with Crippen molar-refractivity contribution >= 4 is 11.6 Å². The van der Waals surface area contributed by atoms with Crippen LogP contribution in [-0.4, -0.2) is 53.4 Å². The lowest BCUT2D eigenvalue weighted by atomic mass is 10.2. The van der Waals surface area contributed by atoms with Crippen LogP contribution < -0.4 is 5.32 Å². The van der Waals surface area contributed by atoms with Gasteiger partial charge in [0.15, 0.2) is 0 Å². The molecule has 2 heterocycles. The maximum Gasteiger partial charge on any atom is 0.272 e. The molecule has 1 aliphatic heterocycles. The summed E-state index contributed by atoms with van der Waals surface area (Å²) in [6, 6.07) is 14.1. The normalized spacial score (nSPS) is 15.0. The highest BCUT2D eigenvalue weighted by Gasteiger charge is 2.23. The SMILES string of the molecule is C=CCNc1ccnc(C(=O)N2CCN(Cc3ccccc3)CC2)c1. The van der Waals surface area contributed by atoms with Gasteiger partial charge in [-0.25, -0.2) is 0 Å². The third-order valence-electron chi connectivity index (χ3n) is 4.34. The van der Waals surface area contributed by atoms with E-state index in [1.807, 2.05) is 23.1 Å². The van der Waals surface area contributed by atoms with Crippen LogP contribution >= 0.6 is 0 Å². The molecule has 5 nitrogen and oxygen atoms in total. The zero-order chi connectivity index (χ0) is 17.5. The van der Waals surface area contributed by atoms with Crippen molar-refractivity contribution in [3.05, 3.63) is 72.6 Å². The quantitative estimate of drug-likeness (QED) is 0.824. The van der Waals surface area contributed by atoms with Gasteiger partial charge in [-0.15, -0.1) is 6.58 Å². The van der Waals surface area contributed by atoms with E-state index in [2.05, 4.69) is 46.0 Å². The van der Waals surface area contributed by atoms with Crippen LogP contribution in [0.4, 0.5) is 5.69 Å². The van der Waals surface area contributed by atoms with Gasteiger partial charge in [-0.1, -0.05) is 36.4 Å². The average Bonchev–Trinajstić information content (AvgIpc) is 2.67. The molecule has 1 N–H and O–H groups in total. The van der Waals surface area contributed by atoms with Crippen molar-refractivity contribution in [2.75, 3.05) is 38.0 Å². The van der Waals surface area contributed by atoms with E-state index >= 15 is 0 Å². The van der Waals surface area contributed by atoms with Crippen molar-refractivity contribution in [1.82, 2.24) is 14.8 Å². The molecule has 1 saturated heterocycles. The van der Waals surface area contributed by atoms with Crippen LogP contribution in [0, 0.1) is 0 Å². The molecule has 0 unspecified atom stereocenters. The fourth-order valence-electron chi connectivity index (χ4n) is 2.96. The Labute approximate surface area is 149 Å². The summed E-state index contributed by atoms with van der Waals surface area (Å²) in [5, 5.41) is 3.19. The van der Waals surface area contributed by atoms with Crippen molar-refractivity contribution in [3.63, 3.8) is 0 Å². The first kappa shape index (κ1) is 17.2. The number of aromatic nitrogens is 1. The van der Waals surface area contributed by atoms with Crippen molar-refractivity contribution in [1.29, 1.82) is 0 Å². The Morgan fingerprint density at radius 3 is 2.64 bits per heavy atom. The maximum atomic E-state index is 12.7. The van der Waals surface area contributed by atoms with Gasteiger partial charge in [0.2, 0.25) is 0 Å². The van der Waals surface area contributed by atoms with Gasteiger partial charge in [0.05, 0.1) is 0 Å². The molecule has 1 aromatic heterocycles. The summed E-state index contributed by atoms with van der Waals surface area (Å²) in [5.74, 6) is 0.00149. The molecular formula is C20H24N4O. The van der Waals surface area contributed by atoms with E-state index in [-0.39, 0.29) is 5.91 Å². The number of anilines is 1. The fourth-order valence-corrected chi connectivity index (χ4v) is 2.96. The molecule has 0 aliphatic carbocycles. The minimum atomic E-state index is 0.00149. The highest BCUT2D eigenvalue weighted by Crippen LogP contribution is 2.13. The largest absolute Gasteiger partial charge is 0.381 e. The minimum absolute atomic E-state index is 0.00149. The molecule has 25 heavy (non-hydrogen) atoms. The van der Waals surface area contributed by atoms with Crippen LogP contribution in [0.5, 0.6) is 0 Å². The molecule has 0 spiro atoms. The molecule has 1 amide bonds. The third-order valence-corrected chi connectivity index (χ3v) is 4.34. The third kappa shape index (κ3) is 4.67. The Kier molecular flexibility index (Phi) is 5.80. The highest BCUT2D eigenvalue weighted by atomic mass is 16.2. The van der Waals surface area contributed by atoms with Gasteiger partial charge >= 0.3 is 0 Å². The summed E-state index contributed by atoms with van der Waals surface area (Å²) in [6.07, 6.45) is 3.46. The first-order valence-electron chi connectivity index (χ1n) is 8.62. The van der Waals surface area contributed by atoms with Gasteiger partial charge in [0.25, 0.3) is 5.91 Å². The van der Waals surface area contributed by atoms with Gasteiger partial charge in [0, 0.05) is 51.2 Å². The Morgan fingerprint density at radius 2 is 1.92 bits per heavy atom. The zero-order valence-corrected chi connectivity index (χ0v) is 14.4. The molecule has 1 fully saturated rings. The van der Waals surface area contributed by atoms with Crippen molar-refractivity contribution in [2.24, 2.45) is 0 Å². The Balaban J connectivity index is 1.55. The summed E-state index contributed by atoms with van der Waals surface area (Å²) in [7, 11) is 0. The second kappa shape index (κ2) is 8.44. The second-order valence-electron chi connectivity index (χ2n) is 6.15. The van der Waals surface area contributed by atoms with Crippen LogP contribution in [0.25, 0.3) is 0 Å². The van der Waals surface area contributed by atoms with E-state index in [0.717, 1.165) is 38.4 Å². The molecule has 5 heteroatoms. The smallest absolute Gasteiger partial charge is 0.272 e. The number of nitrogens with one attached hydrogen (secondary N) is 1. The number of hydrogen-bond acceptors (Lipinski definition) is 4. The number of amides is 1. The molecule has 0 bridgehead atoms. The Hall–Kier alpha value is -2.66. The van der Waals surface area contributed by atoms with Crippen LogP contribution in [0.15, 0.2) is 61.3 Å². The van der Waals surface area contributed by atoms with Gasteiger partial charge in [-0.3, -0.25) is 14.7 Å². The molecule has 130 valence electrons. The topological polar surface area (TPSA) is 48.5 Å². The number of pyridine rings is 1. The number of carbonyl (C=O) groups is 1. The molecule has 1 aliphatic rings. The molecule has 3 rings (SSSR count). The molecule has 2 aromatic rings. The van der Waals surface area contributed by atoms with Crippen molar-refractivity contribution < 1.29 is 4.79 Å². The monoisotopic (exact) mass is 336 g/mol. The number of hydrogen-bond donors (Lipinski definition) is 1. The van der Waals surface area contributed by atoms with Gasteiger partial charge in [-0.05, 0) is 17.7 Å². The summed E-state index contributed by atoms with van der Waals surface area (Å²) in [5.41, 5.74) is 2.69. The first-order valence-corrected chi connectivity index (χ1v) is 8.62. The number of benzene rings is 1. The summed E-state index contributed by atoms with van der Waals surface area (Å²) in [6.45, 7) is 8.52. The van der Waals surface area contributed by atoms with E-state index in [4.69, 9.17) is 0 Å².